The molecule has 10 nitrogen and oxygen atoms in total. The molecule has 0 spiro atoms. The molecule has 1 saturated carbocycles. The zero-order valence-corrected chi connectivity index (χ0v) is 25.1. The van der Waals surface area contributed by atoms with Crippen molar-refractivity contribution in [3.63, 3.8) is 0 Å². The first-order valence-corrected chi connectivity index (χ1v) is 15.2. The maximum absolute atomic E-state index is 14.8. The van der Waals surface area contributed by atoms with Crippen LogP contribution >= 0.6 is 11.9 Å². The maximum atomic E-state index is 14.8. The molecular weight excluding hydrogens is 618 g/mol. The van der Waals surface area contributed by atoms with Crippen molar-refractivity contribution in [2.45, 2.75) is 50.5 Å². The lowest BCUT2D eigenvalue weighted by Crippen LogP contribution is -2.48. The molecule has 1 fully saturated rings. The number of benzodiazepines with no additional fused rings is 1. The minimum atomic E-state index is -4.63. The van der Waals surface area contributed by atoms with Crippen LogP contribution in [0.3, 0.4) is 0 Å². The Kier molecular flexibility index (Phi) is 11.2. The van der Waals surface area contributed by atoms with E-state index in [-0.39, 0.29) is 35.1 Å². The van der Waals surface area contributed by atoms with E-state index in [1.807, 2.05) is 0 Å². The predicted molar refractivity (Wildman–Crippen MR) is 159 cm³/mol. The van der Waals surface area contributed by atoms with E-state index in [0.29, 0.717) is 5.56 Å². The Bertz CT molecular complexity index is 1440. The number of nitrogens with zero attached hydrogens (tertiary/aromatic N) is 1. The number of esters is 1. The first-order chi connectivity index (χ1) is 21.4. The number of anilines is 1. The van der Waals surface area contributed by atoms with E-state index in [2.05, 4.69) is 25.1 Å². The highest BCUT2D eigenvalue weighted by atomic mass is 32.2. The molecule has 2 aromatic rings. The Labute approximate surface area is 261 Å². The van der Waals surface area contributed by atoms with Gasteiger partial charge in [0, 0.05) is 29.2 Å². The molecule has 1 aliphatic heterocycles. The van der Waals surface area contributed by atoms with Gasteiger partial charge in [0.2, 0.25) is 18.0 Å². The standard InChI is InChI=1S/C30H33F4N5O5S/c1-44-29(43)22(35)15-45-39-27(41)20(14-16-10-11-16)18(12-13-30(32,33)34)26(40)38-25-28(42)37-24-19(8-5-9-21(24)31)23(36-25)17-6-3-2-4-7-17/h2-9,16,18,20,22,25H,10-15,35H2,1H3,(H,37,42)(H,38,40)(H,39,41)/t18-,20+,22+,25-/m1/s1. The smallest absolute Gasteiger partial charge is 0.389 e. The van der Waals surface area contributed by atoms with Crippen molar-refractivity contribution in [2.75, 3.05) is 18.2 Å². The molecule has 0 aromatic heterocycles. The molecule has 2 aliphatic rings. The summed E-state index contributed by atoms with van der Waals surface area (Å²) in [6.07, 6.45) is -6.73. The van der Waals surface area contributed by atoms with Gasteiger partial charge in [-0.05, 0) is 36.8 Å². The summed E-state index contributed by atoms with van der Waals surface area (Å²) in [5, 5.41) is 4.86. The van der Waals surface area contributed by atoms with E-state index in [9.17, 15) is 36.7 Å². The zero-order valence-electron chi connectivity index (χ0n) is 24.2. The molecule has 4 rings (SSSR count). The summed E-state index contributed by atoms with van der Waals surface area (Å²) in [5.41, 5.74) is 6.45. The Morgan fingerprint density at radius 3 is 2.44 bits per heavy atom. The molecule has 45 heavy (non-hydrogen) atoms. The highest BCUT2D eigenvalue weighted by molar-refractivity contribution is 7.98. The van der Waals surface area contributed by atoms with Gasteiger partial charge >= 0.3 is 12.1 Å². The molecule has 0 unspecified atom stereocenters. The topological polar surface area (TPSA) is 152 Å². The monoisotopic (exact) mass is 651 g/mol. The van der Waals surface area contributed by atoms with Crippen LogP contribution in [0, 0.1) is 23.6 Å². The Hall–Kier alpha value is -3.98. The molecule has 1 heterocycles. The maximum Gasteiger partial charge on any atom is 0.389 e. The number of alkyl halides is 3. The van der Waals surface area contributed by atoms with E-state index >= 15 is 0 Å². The number of methoxy groups -OCH3 is 1. The number of nitrogens with two attached hydrogens (primary N) is 1. The van der Waals surface area contributed by atoms with Crippen LogP contribution in [0.15, 0.2) is 53.5 Å². The second-order valence-corrected chi connectivity index (χ2v) is 11.7. The number of para-hydroxylation sites is 1. The third-order valence-electron chi connectivity index (χ3n) is 7.47. The molecule has 4 atom stereocenters. The van der Waals surface area contributed by atoms with Crippen LogP contribution in [0.2, 0.25) is 0 Å². The molecule has 5 N–H and O–H groups in total. The second kappa shape index (κ2) is 14.9. The van der Waals surface area contributed by atoms with Gasteiger partial charge in [0.05, 0.1) is 24.4 Å². The van der Waals surface area contributed by atoms with Gasteiger partial charge in [-0.1, -0.05) is 55.3 Å². The van der Waals surface area contributed by atoms with Crippen LogP contribution in [0.5, 0.6) is 0 Å². The highest BCUT2D eigenvalue weighted by Crippen LogP contribution is 2.40. The summed E-state index contributed by atoms with van der Waals surface area (Å²) in [6.45, 7) is 0. The van der Waals surface area contributed by atoms with Crippen molar-refractivity contribution < 1.29 is 41.5 Å². The fourth-order valence-electron chi connectivity index (χ4n) is 4.96. The van der Waals surface area contributed by atoms with Gasteiger partial charge in [-0.15, -0.1) is 0 Å². The fraction of sp³-hybridized carbons (Fsp3) is 0.433. The number of halogens is 4. The van der Waals surface area contributed by atoms with Crippen LogP contribution in [-0.2, 0) is 23.9 Å². The van der Waals surface area contributed by atoms with E-state index in [4.69, 9.17) is 5.73 Å². The lowest BCUT2D eigenvalue weighted by Gasteiger charge is -2.27. The minimum absolute atomic E-state index is 0.0330. The molecule has 15 heteroatoms. The number of amides is 3. The number of carbonyl (C=O) groups excluding carboxylic acids is 4. The minimum Gasteiger partial charge on any atom is -0.468 e. The van der Waals surface area contributed by atoms with Gasteiger partial charge in [-0.3, -0.25) is 23.9 Å². The average molecular weight is 652 g/mol. The van der Waals surface area contributed by atoms with E-state index in [0.717, 1.165) is 38.0 Å². The van der Waals surface area contributed by atoms with E-state index in [1.165, 1.54) is 6.07 Å². The van der Waals surface area contributed by atoms with Gasteiger partial charge < -0.3 is 21.1 Å². The Morgan fingerprint density at radius 1 is 1.09 bits per heavy atom. The summed E-state index contributed by atoms with van der Waals surface area (Å²) in [4.78, 5) is 56.4. The predicted octanol–water partition coefficient (Wildman–Crippen LogP) is 3.70. The van der Waals surface area contributed by atoms with Gasteiger partial charge in [-0.25, -0.2) is 9.38 Å². The zero-order chi connectivity index (χ0) is 32.7. The molecule has 0 saturated heterocycles. The Morgan fingerprint density at radius 2 is 1.80 bits per heavy atom. The third-order valence-corrected chi connectivity index (χ3v) is 8.34. The summed E-state index contributed by atoms with van der Waals surface area (Å²) in [6, 6.07) is 11.6. The number of rotatable bonds is 13. The highest BCUT2D eigenvalue weighted by Gasteiger charge is 2.42. The summed E-state index contributed by atoms with van der Waals surface area (Å²) >= 11 is 0.772. The average Bonchev–Trinajstić information content (AvgIpc) is 3.84. The molecule has 0 radical (unpaired) electrons. The molecule has 1 aliphatic carbocycles. The molecule has 2 aromatic carbocycles. The van der Waals surface area contributed by atoms with Crippen LogP contribution in [-0.4, -0.2) is 60.6 Å². The third kappa shape index (κ3) is 9.26. The van der Waals surface area contributed by atoms with Gasteiger partial charge in [0.1, 0.15) is 11.9 Å². The number of ether oxygens (including phenoxy) is 1. The number of hydrogen-bond donors (Lipinski definition) is 4. The normalized spacial score (nSPS) is 18.3. The van der Waals surface area contributed by atoms with Crippen molar-refractivity contribution in [1.29, 1.82) is 0 Å². The van der Waals surface area contributed by atoms with Crippen molar-refractivity contribution in [3.8, 4) is 0 Å². The van der Waals surface area contributed by atoms with Crippen molar-refractivity contribution >= 4 is 47.0 Å². The summed E-state index contributed by atoms with van der Waals surface area (Å²) in [5.74, 6) is -6.80. The fourth-order valence-corrected chi connectivity index (χ4v) is 5.65. The van der Waals surface area contributed by atoms with E-state index in [1.54, 1.807) is 36.4 Å². The first-order valence-electron chi connectivity index (χ1n) is 14.2. The molecule has 0 bridgehead atoms. The van der Waals surface area contributed by atoms with Gasteiger partial charge in [-0.2, -0.15) is 13.2 Å². The molecule has 242 valence electrons. The summed E-state index contributed by atoms with van der Waals surface area (Å²) < 4.78 is 62.1. The number of benzene rings is 2. The number of hydrogen-bond acceptors (Lipinski definition) is 8. The summed E-state index contributed by atoms with van der Waals surface area (Å²) in [7, 11) is 1.15. The number of aliphatic imine (C=N–C) groups is 1. The molecule has 3 amide bonds. The van der Waals surface area contributed by atoms with Crippen molar-refractivity contribution in [3.05, 3.63) is 65.5 Å². The van der Waals surface area contributed by atoms with Crippen LogP contribution in [0.1, 0.15) is 43.2 Å². The van der Waals surface area contributed by atoms with Crippen molar-refractivity contribution in [2.24, 2.45) is 28.5 Å². The second-order valence-electron chi connectivity index (χ2n) is 10.9. The number of carbonyl (C=O) groups is 4. The SMILES string of the molecule is COC(=O)[C@@H](N)CSNC(=O)[C@@H](CC1CC1)[C@@H](CCC(F)(F)F)C(=O)N[C@H]1N=C(c2ccccc2)c2cccc(F)c2NC1=O. The number of fused-ring (bicyclic) bond motifs is 1. The largest absolute Gasteiger partial charge is 0.468 e. The van der Waals surface area contributed by atoms with Crippen LogP contribution < -0.4 is 21.1 Å². The van der Waals surface area contributed by atoms with E-state index < -0.39 is 72.6 Å². The first kappa shape index (κ1) is 33.9. The van der Waals surface area contributed by atoms with Gasteiger partial charge in [0.25, 0.3) is 5.91 Å². The van der Waals surface area contributed by atoms with Crippen LogP contribution in [0.25, 0.3) is 0 Å². The molecular formula is C30H33F4N5O5S. The van der Waals surface area contributed by atoms with Crippen molar-refractivity contribution in [1.82, 2.24) is 10.0 Å². The lowest BCUT2D eigenvalue weighted by molar-refractivity contribution is -0.147. The van der Waals surface area contributed by atoms with Crippen LogP contribution in [0.4, 0.5) is 23.2 Å². The Balaban J connectivity index is 1.62. The number of nitrogens with one attached hydrogen (secondary N) is 3. The quantitative estimate of drug-likeness (QED) is 0.147. The van der Waals surface area contributed by atoms with Gasteiger partial charge in [0.15, 0.2) is 0 Å². The lowest BCUT2D eigenvalue weighted by atomic mass is 9.83.